The van der Waals surface area contributed by atoms with E-state index in [1.54, 1.807) is 6.07 Å². The van der Waals surface area contributed by atoms with Crippen LogP contribution >= 0.6 is 0 Å². The van der Waals surface area contributed by atoms with E-state index in [0.717, 1.165) is 49.0 Å². The summed E-state index contributed by atoms with van der Waals surface area (Å²) < 4.78 is 13.8. The van der Waals surface area contributed by atoms with E-state index in [4.69, 9.17) is 5.11 Å². The molecule has 0 amide bonds. The number of nitrogens with one attached hydrogen (secondary N) is 1. The number of aryl methyl sites for hydroxylation is 1. The quantitative estimate of drug-likeness (QED) is 0.759. The molecule has 0 atom stereocenters. The first kappa shape index (κ1) is 14.7. The second kappa shape index (κ2) is 7.20. The molecule has 2 aromatic rings. The van der Waals surface area contributed by atoms with Gasteiger partial charge in [-0.25, -0.2) is 9.37 Å². The van der Waals surface area contributed by atoms with Crippen LogP contribution in [-0.4, -0.2) is 23.2 Å². The summed E-state index contributed by atoms with van der Waals surface area (Å²) in [5, 5.41) is 12.9. The van der Waals surface area contributed by atoms with Crippen LogP contribution < -0.4 is 5.32 Å². The Kier molecular flexibility index (Phi) is 5.30. The fourth-order valence-corrected chi connectivity index (χ4v) is 2.30. The van der Waals surface area contributed by atoms with Crippen LogP contribution in [0.5, 0.6) is 0 Å². The molecule has 2 rings (SSSR count). The Morgan fingerprint density at radius 3 is 2.80 bits per heavy atom. The zero-order valence-electron chi connectivity index (χ0n) is 11.8. The van der Waals surface area contributed by atoms with Crippen molar-refractivity contribution in [3.8, 4) is 0 Å². The Morgan fingerprint density at radius 1 is 1.20 bits per heavy atom. The van der Waals surface area contributed by atoms with Gasteiger partial charge in [0.2, 0.25) is 0 Å². The van der Waals surface area contributed by atoms with Crippen LogP contribution in [0.2, 0.25) is 0 Å². The number of nitrogens with zero attached hydrogens (tertiary/aromatic N) is 1. The number of halogens is 1. The Morgan fingerprint density at radius 2 is 2.00 bits per heavy atom. The molecule has 0 saturated carbocycles. The van der Waals surface area contributed by atoms with E-state index in [2.05, 4.69) is 10.3 Å². The van der Waals surface area contributed by atoms with Crippen molar-refractivity contribution in [2.75, 3.05) is 18.5 Å². The molecular formula is C16H21FN2O. The van der Waals surface area contributed by atoms with Gasteiger partial charge in [-0.2, -0.15) is 0 Å². The lowest BCUT2D eigenvalue weighted by atomic mass is 10.1. The molecule has 20 heavy (non-hydrogen) atoms. The van der Waals surface area contributed by atoms with Gasteiger partial charge in [-0.3, -0.25) is 0 Å². The molecule has 108 valence electrons. The molecule has 3 nitrogen and oxygen atoms in total. The molecule has 0 aliphatic heterocycles. The van der Waals surface area contributed by atoms with Crippen LogP contribution in [-0.2, 0) is 0 Å². The van der Waals surface area contributed by atoms with E-state index in [1.165, 1.54) is 6.07 Å². The number of fused-ring (bicyclic) bond motifs is 1. The van der Waals surface area contributed by atoms with E-state index >= 15 is 0 Å². The Balaban J connectivity index is 2.04. The van der Waals surface area contributed by atoms with Gasteiger partial charge in [-0.05, 0) is 31.9 Å². The fraction of sp³-hybridized carbons (Fsp3) is 0.438. The lowest BCUT2D eigenvalue weighted by molar-refractivity contribution is 0.283. The average Bonchev–Trinajstić information content (AvgIpc) is 2.43. The number of rotatable bonds is 7. The molecule has 2 N–H and O–H groups in total. The van der Waals surface area contributed by atoms with Crippen LogP contribution in [0.3, 0.4) is 0 Å². The van der Waals surface area contributed by atoms with Crippen molar-refractivity contribution in [1.82, 2.24) is 4.98 Å². The summed E-state index contributed by atoms with van der Waals surface area (Å²) in [6, 6.07) is 6.99. The van der Waals surface area contributed by atoms with Crippen molar-refractivity contribution in [2.24, 2.45) is 0 Å². The summed E-state index contributed by atoms with van der Waals surface area (Å²) in [6.45, 7) is 2.99. The molecule has 4 heteroatoms. The number of benzene rings is 1. The highest BCUT2D eigenvalue weighted by Crippen LogP contribution is 2.25. The minimum absolute atomic E-state index is 0.265. The molecule has 0 radical (unpaired) electrons. The zero-order valence-corrected chi connectivity index (χ0v) is 11.8. The number of hydrogen-bond acceptors (Lipinski definition) is 3. The third-order valence-corrected chi connectivity index (χ3v) is 3.32. The first-order valence-corrected chi connectivity index (χ1v) is 7.13. The summed E-state index contributed by atoms with van der Waals surface area (Å²) in [7, 11) is 0. The largest absolute Gasteiger partial charge is 0.396 e. The highest BCUT2D eigenvalue weighted by molar-refractivity contribution is 5.91. The molecule has 0 spiro atoms. The highest BCUT2D eigenvalue weighted by atomic mass is 19.1. The van der Waals surface area contributed by atoms with Crippen LogP contribution in [0.4, 0.5) is 10.1 Å². The smallest absolute Gasteiger partial charge is 0.149 e. The van der Waals surface area contributed by atoms with Crippen molar-refractivity contribution in [3.63, 3.8) is 0 Å². The summed E-state index contributed by atoms with van der Waals surface area (Å²) in [5.41, 5.74) is 2.18. The Labute approximate surface area is 118 Å². The summed E-state index contributed by atoms with van der Waals surface area (Å²) >= 11 is 0. The standard InChI is InChI=1S/C16H21FN2O/c1-12-11-15(18-9-4-2-3-5-10-20)13-7-6-8-14(17)16(13)19-12/h6-8,11,20H,2-5,9-10H2,1H3,(H,18,19). The monoisotopic (exact) mass is 276 g/mol. The van der Waals surface area contributed by atoms with E-state index in [1.807, 2.05) is 19.1 Å². The van der Waals surface area contributed by atoms with Crippen LogP contribution in [0.1, 0.15) is 31.4 Å². The number of para-hydroxylation sites is 1. The van der Waals surface area contributed by atoms with Gasteiger partial charge in [0, 0.05) is 29.9 Å². The van der Waals surface area contributed by atoms with Crippen molar-refractivity contribution >= 4 is 16.6 Å². The first-order valence-electron chi connectivity index (χ1n) is 7.13. The fourth-order valence-electron chi connectivity index (χ4n) is 2.30. The first-order chi connectivity index (χ1) is 9.72. The predicted octanol–water partition coefficient (Wildman–Crippen LogP) is 3.65. The van der Waals surface area contributed by atoms with Crippen molar-refractivity contribution < 1.29 is 9.50 Å². The van der Waals surface area contributed by atoms with Crippen LogP contribution in [0.25, 0.3) is 10.9 Å². The second-order valence-corrected chi connectivity index (χ2v) is 5.01. The van der Waals surface area contributed by atoms with Crippen molar-refractivity contribution in [3.05, 3.63) is 35.8 Å². The Hall–Kier alpha value is -1.68. The molecule has 0 aliphatic carbocycles. The third kappa shape index (κ3) is 3.67. The summed E-state index contributed by atoms with van der Waals surface area (Å²) in [5.74, 6) is -0.280. The molecule has 1 aromatic carbocycles. The average molecular weight is 276 g/mol. The molecule has 0 fully saturated rings. The van der Waals surface area contributed by atoms with E-state index in [9.17, 15) is 4.39 Å². The maximum atomic E-state index is 13.8. The molecular weight excluding hydrogens is 255 g/mol. The molecule has 1 aromatic heterocycles. The van der Waals surface area contributed by atoms with Gasteiger partial charge in [0.05, 0.1) is 0 Å². The predicted molar refractivity (Wildman–Crippen MR) is 80.5 cm³/mol. The molecule has 0 saturated heterocycles. The van der Waals surface area contributed by atoms with E-state index < -0.39 is 0 Å². The van der Waals surface area contributed by atoms with Gasteiger partial charge < -0.3 is 10.4 Å². The summed E-state index contributed by atoms with van der Waals surface area (Å²) in [4.78, 5) is 4.26. The molecule has 0 bridgehead atoms. The maximum Gasteiger partial charge on any atom is 0.149 e. The topological polar surface area (TPSA) is 45.1 Å². The summed E-state index contributed by atoms with van der Waals surface area (Å²) in [6.07, 6.45) is 4.04. The maximum absolute atomic E-state index is 13.8. The minimum atomic E-state index is -0.280. The van der Waals surface area contributed by atoms with Crippen LogP contribution in [0, 0.1) is 12.7 Å². The minimum Gasteiger partial charge on any atom is -0.396 e. The van der Waals surface area contributed by atoms with Crippen molar-refractivity contribution in [2.45, 2.75) is 32.6 Å². The molecule has 1 heterocycles. The van der Waals surface area contributed by atoms with Gasteiger partial charge >= 0.3 is 0 Å². The van der Waals surface area contributed by atoms with Gasteiger partial charge in [-0.15, -0.1) is 0 Å². The lowest BCUT2D eigenvalue weighted by Gasteiger charge is -2.11. The highest BCUT2D eigenvalue weighted by Gasteiger charge is 2.07. The number of anilines is 1. The molecule has 0 unspecified atom stereocenters. The number of unbranched alkanes of at least 4 members (excludes halogenated alkanes) is 3. The number of aromatic nitrogens is 1. The van der Waals surface area contributed by atoms with Gasteiger partial charge in [0.1, 0.15) is 11.3 Å². The Bertz CT molecular complexity index is 572. The van der Waals surface area contributed by atoms with Crippen LogP contribution in [0.15, 0.2) is 24.3 Å². The zero-order chi connectivity index (χ0) is 14.4. The normalized spacial score (nSPS) is 10.9. The SMILES string of the molecule is Cc1cc(NCCCCCCO)c2cccc(F)c2n1. The van der Waals surface area contributed by atoms with Crippen molar-refractivity contribution in [1.29, 1.82) is 0 Å². The van der Waals surface area contributed by atoms with Gasteiger partial charge in [0.25, 0.3) is 0 Å². The second-order valence-electron chi connectivity index (χ2n) is 5.01. The number of hydrogen-bond donors (Lipinski definition) is 2. The van der Waals surface area contributed by atoms with Gasteiger partial charge in [0.15, 0.2) is 0 Å². The third-order valence-electron chi connectivity index (χ3n) is 3.32. The lowest BCUT2D eigenvalue weighted by Crippen LogP contribution is -2.03. The molecule has 0 aliphatic rings. The number of pyridine rings is 1. The number of aliphatic hydroxyl groups excluding tert-OH is 1. The number of aliphatic hydroxyl groups is 1. The van der Waals surface area contributed by atoms with E-state index in [-0.39, 0.29) is 12.4 Å². The van der Waals surface area contributed by atoms with Gasteiger partial charge in [-0.1, -0.05) is 25.0 Å². The van der Waals surface area contributed by atoms with E-state index in [0.29, 0.717) is 5.52 Å².